The fourth-order valence-electron chi connectivity index (χ4n) is 1.77. The zero-order valence-corrected chi connectivity index (χ0v) is 11.6. The Bertz CT molecular complexity index is 245. The lowest BCUT2D eigenvalue weighted by Crippen LogP contribution is -2.50. The first-order valence-corrected chi connectivity index (χ1v) is 6.19. The maximum absolute atomic E-state index is 5.50. The van der Waals surface area contributed by atoms with Crippen molar-refractivity contribution in [1.82, 2.24) is 10.6 Å². The highest BCUT2D eigenvalue weighted by Gasteiger charge is 2.34. The second kappa shape index (κ2) is 7.10. The lowest BCUT2D eigenvalue weighted by molar-refractivity contribution is -0.0127. The summed E-state index contributed by atoms with van der Waals surface area (Å²) in [6, 6.07) is 0.193. The third-order valence-electron chi connectivity index (χ3n) is 2.87. The number of thiocarbonyl (C=S) groups is 1. The molecular weight excluding hydrogens is 240 g/mol. The first-order chi connectivity index (χ1) is 8.12. The number of hydrogen-bond donors (Lipinski definition) is 2. The van der Waals surface area contributed by atoms with Gasteiger partial charge in [-0.3, -0.25) is 0 Å². The van der Waals surface area contributed by atoms with Gasteiger partial charge in [0.25, 0.3) is 0 Å². The van der Waals surface area contributed by atoms with E-state index in [-0.39, 0.29) is 11.6 Å². The van der Waals surface area contributed by atoms with E-state index >= 15 is 0 Å². The van der Waals surface area contributed by atoms with E-state index in [1.807, 2.05) is 6.92 Å². The number of nitrogens with one attached hydrogen (secondary N) is 2. The predicted molar refractivity (Wildman–Crippen MR) is 70.3 cm³/mol. The minimum atomic E-state index is -0.240. The van der Waals surface area contributed by atoms with Crippen molar-refractivity contribution in [3.63, 3.8) is 0 Å². The molecule has 1 aliphatic rings. The molecule has 0 amide bonds. The number of rotatable bonds is 6. The molecule has 0 bridgehead atoms. The second-order valence-corrected chi connectivity index (χ2v) is 4.78. The van der Waals surface area contributed by atoms with Crippen molar-refractivity contribution in [2.75, 3.05) is 40.6 Å². The fraction of sp³-hybridized carbons (Fsp3) is 0.909. The van der Waals surface area contributed by atoms with Gasteiger partial charge in [0.2, 0.25) is 0 Å². The lowest BCUT2D eigenvalue weighted by atomic mass is 10.0. The van der Waals surface area contributed by atoms with Crippen LogP contribution in [0.3, 0.4) is 0 Å². The van der Waals surface area contributed by atoms with E-state index in [1.165, 1.54) is 0 Å². The molecule has 0 radical (unpaired) electrons. The third-order valence-corrected chi connectivity index (χ3v) is 3.13. The van der Waals surface area contributed by atoms with Crippen LogP contribution in [-0.2, 0) is 14.2 Å². The van der Waals surface area contributed by atoms with Crippen molar-refractivity contribution >= 4 is 17.3 Å². The van der Waals surface area contributed by atoms with E-state index in [4.69, 9.17) is 26.4 Å². The predicted octanol–water partition coefficient (Wildman–Crippen LogP) is 0.291. The Morgan fingerprint density at radius 2 is 2.29 bits per heavy atom. The summed E-state index contributed by atoms with van der Waals surface area (Å²) < 4.78 is 15.9. The molecule has 5 nitrogen and oxygen atoms in total. The molecule has 2 unspecified atom stereocenters. The van der Waals surface area contributed by atoms with Gasteiger partial charge in [-0.1, -0.05) is 0 Å². The lowest BCUT2D eigenvalue weighted by Gasteiger charge is -2.27. The Kier molecular flexibility index (Phi) is 6.11. The van der Waals surface area contributed by atoms with E-state index < -0.39 is 0 Å². The molecule has 6 heteroatoms. The highest BCUT2D eigenvalue weighted by atomic mass is 32.1. The van der Waals surface area contributed by atoms with E-state index in [9.17, 15) is 0 Å². The molecule has 1 saturated heterocycles. The van der Waals surface area contributed by atoms with Gasteiger partial charge in [-0.2, -0.15) is 0 Å². The molecule has 1 heterocycles. The number of ether oxygens (including phenoxy) is 3. The largest absolute Gasteiger partial charge is 0.383 e. The zero-order chi connectivity index (χ0) is 12.7. The maximum Gasteiger partial charge on any atom is 0.166 e. The van der Waals surface area contributed by atoms with Gasteiger partial charge in [0.05, 0.1) is 13.2 Å². The topological polar surface area (TPSA) is 51.8 Å². The molecular formula is C11H22N2O3S. The molecule has 1 fully saturated rings. The zero-order valence-electron chi connectivity index (χ0n) is 10.7. The van der Waals surface area contributed by atoms with E-state index in [0.717, 1.165) is 13.0 Å². The van der Waals surface area contributed by atoms with Gasteiger partial charge in [-0.25, -0.2) is 0 Å². The molecule has 17 heavy (non-hydrogen) atoms. The van der Waals surface area contributed by atoms with Crippen LogP contribution in [0.15, 0.2) is 0 Å². The molecule has 0 aliphatic carbocycles. The first kappa shape index (κ1) is 14.6. The molecule has 2 atom stereocenters. The van der Waals surface area contributed by atoms with Crippen LogP contribution in [0.25, 0.3) is 0 Å². The van der Waals surface area contributed by atoms with Gasteiger partial charge in [-0.05, 0) is 19.1 Å². The van der Waals surface area contributed by atoms with Crippen molar-refractivity contribution in [3.8, 4) is 0 Å². The van der Waals surface area contributed by atoms with Crippen molar-refractivity contribution < 1.29 is 14.2 Å². The van der Waals surface area contributed by atoms with Crippen molar-refractivity contribution in [1.29, 1.82) is 0 Å². The van der Waals surface area contributed by atoms with Gasteiger partial charge in [0.1, 0.15) is 5.60 Å². The number of methoxy groups -OCH3 is 2. The standard InChI is InChI=1S/C11H22N2O3S/c1-9(6-14-2)13-10(17)12-7-11(15-3)4-5-16-8-11/h9H,4-8H2,1-3H3,(H2,12,13,17). The van der Waals surface area contributed by atoms with Crippen LogP contribution < -0.4 is 10.6 Å². The van der Waals surface area contributed by atoms with Crippen LogP contribution in [0.4, 0.5) is 0 Å². The summed E-state index contributed by atoms with van der Waals surface area (Å²) in [5, 5.41) is 6.93. The SMILES string of the molecule is COCC(C)NC(=S)NCC1(OC)CCOC1. The summed E-state index contributed by atoms with van der Waals surface area (Å²) in [4.78, 5) is 0. The summed E-state index contributed by atoms with van der Waals surface area (Å²) in [5.74, 6) is 0. The van der Waals surface area contributed by atoms with Crippen LogP contribution >= 0.6 is 12.2 Å². The van der Waals surface area contributed by atoms with E-state index in [1.54, 1.807) is 14.2 Å². The molecule has 0 saturated carbocycles. The summed E-state index contributed by atoms with van der Waals surface area (Å²) >= 11 is 5.20. The Morgan fingerprint density at radius 3 is 2.82 bits per heavy atom. The molecule has 0 aromatic rings. The van der Waals surface area contributed by atoms with Crippen LogP contribution in [-0.4, -0.2) is 57.3 Å². The normalized spacial score (nSPS) is 25.6. The van der Waals surface area contributed by atoms with Crippen LogP contribution in [0, 0.1) is 0 Å². The minimum Gasteiger partial charge on any atom is -0.383 e. The minimum absolute atomic E-state index is 0.193. The highest BCUT2D eigenvalue weighted by molar-refractivity contribution is 7.80. The third kappa shape index (κ3) is 4.75. The average molecular weight is 262 g/mol. The second-order valence-electron chi connectivity index (χ2n) is 4.37. The summed E-state index contributed by atoms with van der Waals surface area (Å²) in [7, 11) is 3.38. The van der Waals surface area contributed by atoms with Gasteiger partial charge < -0.3 is 24.8 Å². The van der Waals surface area contributed by atoms with Gasteiger partial charge in [-0.15, -0.1) is 0 Å². The number of hydrogen-bond acceptors (Lipinski definition) is 4. The molecule has 0 spiro atoms. The molecule has 2 N–H and O–H groups in total. The van der Waals surface area contributed by atoms with Gasteiger partial charge in [0, 0.05) is 39.8 Å². The van der Waals surface area contributed by atoms with Crippen LogP contribution in [0.2, 0.25) is 0 Å². The average Bonchev–Trinajstić information content (AvgIpc) is 2.76. The van der Waals surface area contributed by atoms with Crippen molar-refractivity contribution in [2.24, 2.45) is 0 Å². The van der Waals surface area contributed by atoms with Crippen molar-refractivity contribution in [2.45, 2.75) is 25.0 Å². The van der Waals surface area contributed by atoms with Crippen molar-refractivity contribution in [3.05, 3.63) is 0 Å². The van der Waals surface area contributed by atoms with Gasteiger partial charge in [0.15, 0.2) is 5.11 Å². The van der Waals surface area contributed by atoms with Crippen LogP contribution in [0.5, 0.6) is 0 Å². The van der Waals surface area contributed by atoms with Gasteiger partial charge >= 0.3 is 0 Å². The highest BCUT2D eigenvalue weighted by Crippen LogP contribution is 2.21. The first-order valence-electron chi connectivity index (χ1n) is 5.78. The molecule has 1 aliphatic heterocycles. The Balaban J connectivity index is 2.27. The smallest absolute Gasteiger partial charge is 0.166 e. The monoisotopic (exact) mass is 262 g/mol. The quantitative estimate of drug-likeness (QED) is 0.671. The van der Waals surface area contributed by atoms with Crippen LogP contribution in [0.1, 0.15) is 13.3 Å². The molecule has 0 aromatic heterocycles. The maximum atomic E-state index is 5.50. The Morgan fingerprint density at radius 1 is 1.53 bits per heavy atom. The fourth-order valence-corrected chi connectivity index (χ4v) is 2.04. The summed E-state index contributed by atoms with van der Waals surface area (Å²) in [6.45, 7) is 4.67. The van der Waals surface area contributed by atoms with E-state index in [2.05, 4.69) is 10.6 Å². The molecule has 1 rings (SSSR count). The Hall–Kier alpha value is -0.430. The van der Waals surface area contributed by atoms with E-state index in [0.29, 0.717) is 24.9 Å². The summed E-state index contributed by atoms with van der Waals surface area (Å²) in [6.07, 6.45) is 0.896. The molecule has 100 valence electrons. The summed E-state index contributed by atoms with van der Waals surface area (Å²) in [5.41, 5.74) is -0.240. The Labute approximate surface area is 108 Å². The molecule has 0 aromatic carbocycles.